The van der Waals surface area contributed by atoms with Crippen LogP contribution in [0.15, 0.2) is 48.5 Å². The Kier molecular flexibility index (Phi) is 6.43. The minimum absolute atomic E-state index is 0.357. The topological polar surface area (TPSA) is 75.7 Å². The monoisotopic (exact) mass is 394 g/mol. The van der Waals surface area contributed by atoms with Crippen LogP contribution in [0.4, 0.5) is 10.1 Å². The zero-order valence-electron chi connectivity index (χ0n) is 15.6. The number of halogens is 1. The van der Waals surface area contributed by atoms with Crippen LogP contribution in [0.2, 0.25) is 0 Å². The molecule has 2 atom stereocenters. The van der Waals surface area contributed by atoms with Gasteiger partial charge in [0.25, 0.3) is 0 Å². The molecular weight excluding hydrogens is 371 g/mol. The maximum atomic E-state index is 13.1. The van der Waals surface area contributed by atoms with Crippen LogP contribution in [-0.2, 0) is 14.8 Å². The van der Waals surface area contributed by atoms with Crippen molar-refractivity contribution < 1.29 is 22.3 Å². The summed E-state index contributed by atoms with van der Waals surface area (Å²) in [6, 6.07) is 10.8. The SMILES string of the molecule is COc1ccc(N([C@@H](C)C(=O)N[C@@H](C)c2ccc(F)cc2)S(C)(=O)=O)cc1. The smallest absolute Gasteiger partial charge is 0.244 e. The molecule has 1 N–H and O–H groups in total. The molecule has 0 aliphatic carbocycles. The first-order chi connectivity index (χ1) is 12.6. The summed E-state index contributed by atoms with van der Waals surface area (Å²) in [5, 5.41) is 2.77. The largest absolute Gasteiger partial charge is 0.497 e. The van der Waals surface area contributed by atoms with Crippen molar-refractivity contribution >= 4 is 21.6 Å². The van der Waals surface area contributed by atoms with Crippen LogP contribution in [0.25, 0.3) is 0 Å². The molecule has 2 aromatic carbocycles. The van der Waals surface area contributed by atoms with E-state index in [1.165, 1.54) is 26.2 Å². The van der Waals surface area contributed by atoms with E-state index in [0.717, 1.165) is 10.6 Å². The lowest BCUT2D eigenvalue weighted by molar-refractivity contribution is -0.122. The van der Waals surface area contributed by atoms with Gasteiger partial charge in [-0.2, -0.15) is 0 Å². The summed E-state index contributed by atoms with van der Waals surface area (Å²) in [5.41, 5.74) is 1.07. The zero-order chi connectivity index (χ0) is 20.2. The fourth-order valence-corrected chi connectivity index (χ4v) is 3.88. The number of nitrogens with zero attached hydrogens (tertiary/aromatic N) is 1. The minimum atomic E-state index is -3.71. The number of ether oxygens (including phenoxy) is 1. The molecule has 0 fully saturated rings. The van der Waals surface area contributed by atoms with E-state index in [9.17, 15) is 17.6 Å². The van der Waals surface area contributed by atoms with Gasteiger partial charge in [0.2, 0.25) is 15.9 Å². The molecule has 0 unspecified atom stereocenters. The van der Waals surface area contributed by atoms with Crippen LogP contribution in [0.1, 0.15) is 25.5 Å². The fourth-order valence-electron chi connectivity index (χ4n) is 2.71. The van der Waals surface area contributed by atoms with Crippen molar-refractivity contribution in [3.05, 3.63) is 59.9 Å². The molecule has 2 aromatic rings. The van der Waals surface area contributed by atoms with E-state index < -0.39 is 28.0 Å². The molecule has 8 heteroatoms. The number of amides is 1. The number of carbonyl (C=O) groups is 1. The third-order valence-electron chi connectivity index (χ3n) is 4.14. The summed E-state index contributed by atoms with van der Waals surface area (Å²) in [6.45, 7) is 3.26. The molecule has 6 nitrogen and oxygen atoms in total. The van der Waals surface area contributed by atoms with Crippen LogP contribution in [0.5, 0.6) is 5.75 Å². The summed E-state index contributed by atoms with van der Waals surface area (Å²) in [4.78, 5) is 12.7. The number of anilines is 1. The highest BCUT2D eigenvalue weighted by atomic mass is 32.2. The maximum Gasteiger partial charge on any atom is 0.244 e. The summed E-state index contributed by atoms with van der Waals surface area (Å²) < 4.78 is 43.8. The van der Waals surface area contributed by atoms with Gasteiger partial charge >= 0.3 is 0 Å². The van der Waals surface area contributed by atoms with Gasteiger partial charge in [-0.05, 0) is 55.8 Å². The average Bonchev–Trinajstić information content (AvgIpc) is 2.61. The van der Waals surface area contributed by atoms with Crippen LogP contribution in [-0.4, -0.2) is 33.7 Å². The third kappa shape index (κ3) is 5.19. The Labute approximate surface area is 159 Å². The lowest BCUT2D eigenvalue weighted by Crippen LogP contribution is -2.48. The van der Waals surface area contributed by atoms with Gasteiger partial charge in [0.05, 0.1) is 25.1 Å². The molecule has 0 aromatic heterocycles. The van der Waals surface area contributed by atoms with E-state index in [0.29, 0.717) is 17.0 Å². The highest BCUT2D eigenvalue weighted by Crippen LogP contribution is 2.24. The number of benzene rings is 2. The molecule has 0 bridgehead atoms. The maximum absolute atomic E-state index is 13.1. The van der Waals surface area contributed by atoms with E-state index >= 15 is 0 Å². The second kappa shape index (κ2) is 8.39. The Morgan fingerprint density at radius 2 is 1.63 bits per heavy atom. The van der Waals surface area contributed by atoms with Crippen molar-refractivity contribution in [2.75, 3.05) is 17.7 Å². The number of carbonyl (C=O) groups excluding carboxylic acids is 1. The number of hydrogen-bond acceptors (Lipinski definition) is 4. The number of sulfonamides is 1. The predicted molar refractivity (Wildman–Crippen MR) is 103 cm³/mol. The van der Waals surface area contributed by atoms with Crippen molar-refractivity contribution in [3.63, 3.8) is 0 Å². The molecule has 0 aliphatic rings. The summed E-state index contributed by atoms with van der Waals surface area (Å²) in [6.07, 6.45) is 1.05. The lowest BCUT2D eigenvalue weighted by Gasteiger charge is -2.29. The van der Waals surface area contributed by atoms with Gasteiger partial charge in [0, 0.05) is 0 Å². The molecular formula is C19H23FN2O4S. The van der Waals surface area contributed by atoms with Gasteiger partial charge in [-0.1, -0.05) is 12.1 Å². The highest BCUT2D eigenvalue weighted by Gasteiger charge is 2.29. The molecule has 0 radical (unpaired) electrons. The van der Waals surface area contributed by atoms with Crippen LogP contribution >= 0.6 is 0 Å². The molecule has 0 heterocycles. The van der Waals surface area contributed by atoms with Crippen molar-refractivity contribution in [3.8, 4) is 5.75 Å². The summed E-state index contributed by atoms with van der Waals surface area (Å²) in [5.74, 6) is -0.254. The van der Waals surface area contributed by atoms with Gasteiger partial charge in [-0.15, -0.1) is 0 Å². The van der Waals surface area contributed by atoms with Crippen molar-refractivity contribution in [1.29, 1.82) is 0 Å². The Hall–Kier alpha value is -2.61. The average molecular weight is 394 g/mol. The van der Waals surface area contributed by atoms with E-state index in [4.69, 9.17) is 4.74 Å². The van der Waals surface area contributed by atoms with Gasteiger partial charge in [-0.25, -0.2) is 12.8 Å². The molecule has 0 spiro atoms. The molecule has 1 amide bonds. The second-order valence-corrected chi connectivity index (χ2v) is 8.07. The van der Waals surface area contributed by atoms with Gasteiger partial charge in [0.1, 0.15) is 17.6 Å². The highest BCUT2D eigenvalue weighted by molar-refractivity contribution is 7.92. The quantitative estimate of drug-likeness (QED) is 0.784. The molecule has 0 saturated carbocycles. The molecule has 27 heavy (non-hydrogen) atoms. The molecule has 146 valence electrons. The second-order valence-electron chi connectivity index (χ2n) is 6.21. The van der Waals surface area contributed by atoms with Crippen LogP contribution in [0, 0.1) is 5.82 Å². The number of rotatable bonds is 7. The fraction of sp³-hybridized carbons (Fsp3) is 0.316. The van der Waals surface area contributed by atoms with E-state index in [-0.39, 0.29) is 5.82 Å². The van der Waals surface area contributed by atoms with Gasteiger partial charge < -0.3 is 10.1 Å². The van der Waals surface area contributed by atoms with E-state index in [1.54, 1.807) is 43.3 Å². The third-order valence-corrected chi connectivity index (χ3v) is 5.39. The molecule has 2 rings (SSSR count). The van der Waals surface area contributed by atoms with Gasteiger partial charge in [0.15, 0.2) is 0 Å². The Balaban J connectivity index is 2.22. The summed E-state index contributed by atoms with van der Waals surface area (Å²) >= 11 is 0. The van der Waals surface area contributed by atoms with E-state index in [2.05, 4.69) is 5.32 Å². The number of nitrogens with one attached hydrogen (secondary N) is 1. The van der Waals surface area contributed by atoms with Crippen LogP contribution < -0.4 is 14.4 Å². The Bertz CT molecular complexity index is 883. The zero-order valence-corrected chi connectivity index (χ0v) is 16.5. The van der Waals surface area contributed by atoms with Gasteiger partial charge in [-0.3, -0.25) is 9.10 Å². The predicted octanol–water partition coefficient (Wildman–Crippen LogP) is 2.87. The number of methoxy groups -OCH3 is 1. The molecule has 0 saturated heterocycles. The van der Waals surface area contributed by atoms with Crippen molar-refractivity contribution in [2.45, 2.75) is 25.9 Å². The number of hydrogen-bond donors (Lipinski definition) is 1. The first-order valence-corrected chi connectivity index (χ1v) is 10.2. The van der Waals surface area contributed by atoms with Crippen molar-refractivity contribution in [1.82, 2.24) is 5.32 Å². The van der Waals surface area contributed by atoms with Crippen molar-refractivity contribution in [2.24, 2.45) is 0 Å². The first-order valence-electron chi connectivity index (χ1n) is 8.32. The Morgan fingerprint density at radius 3 is 2.11 bits per heavy atom. The lowest BCUT2D eigenvalue weighted by atomic mass is 10.1. The standard InChI is InChI=1S/C19H23FN2O4S/c1-13(15-5-7-16(20)8-6-15)21-19(23)14(2)22(27(4,24)25)17-9-11-18(26-3)12-10-17/h5-14H,1-4H3,(H,21,23)/t13-,14-/m0/s1. The molecule has 0 aliphatic heterocycles. The summed E-state index contributed by atoms with van der Waals surface area (Å²) in [7, 11) is -2.20. The van der Waals surface area contributed by atoms with E-state index in [1.807, 2.05) is 0 Å². The first kappa shape index (κ1) is 20.7. The normalized spacial score (nSPS) is 13.5. The van der Waals surface area contributed by atoms with Crippen LogP contribution in [0.3, 0.4) is 0 Å². The Morgan fingerprint density at radius 1 is 1.07 bits per heavy atom. The minimum Gasteiger partial charge on any atom is -0.497 e.